The van der Waals surface area contributed by atoms with Crippen LogP contribution in [0.4, 0.5) is 0 Å². The van der Waals surface area contributed by atoms with Gasteiger partial charge in [0.25, 0.3) is 0 Å². The molecule has 1 amide bonds. The van der Waals surface area contributed by atoms with Crippen LogP contribution in [0.5, 0.6) is 0 Å². The number of likely N-dealkylation sites (tertiary alicyclic amines) is 1. The van der Waals surface area contributed by atoms with Crippen LogP contribution in [0.2, 0.25) is 0 Å². The lowest BCUT2D eigenvalue weighted by Gasteiger charge is -2.31. The van der Waals surface area contributed by atoms with Gasteiger partial charge >= 0.3 is 0 Å². The fourth-order valence-electron chi connectivity index (χ4n) is 3.50. The van der Waals surface area contributed by atoms with Crippen molar-refractivity contribution in [2.24, 2.45) is 0 Å². The minimum absolute atomic E-state index is 0.0933. The summed E-state index contributed by atoms with van der Waals surface area (Å²) in [5.74, 6) is 2.82. The minimum Gasteiger partial charge on any atom is -0.358 e. The van der Waals surface area contributed by atoms with Crippen molar-refractivity contribution in [3.8, 4) is 0 Å². The van der Waals surface area contributed by atoms with Crippen molar-refractivity contribution in [3.63, 3.8) is 0 Å². The topological polar surface area (TPSA) is 63.1 Å². The van der Waals surface area contributed by atoms with E-state index in [1.165, 1.54) is 19.3 Å². The summed E-state index contributed by atoms with van der Waals surface area (Å²) in [6, 6.07) is 0. The Balaban J connectivity index is 1.71. The number of rotatable bonds is 3. The number of carbonyl (C=O) groups excluding carboxylic acids is 1. The fraction of sp³-hybridized carbons (Fsp3) is 0.800. The van der Waals surface area contributed by atoms with E-state index in [4.69, 9.17) is 0 Å². The number of carbonyl (C=O) groups is 1. The van der Waals surface area contributed by atoms with Gasteiger partial charge in [-0.15, -0.1) is 10.2 Å². The molecule has 2 aliphatic heterocycles. The normalized spacial score (nSPS) is 23.4. The first-order chi connectivity index (χ1) is 10.3. The third kappa shape index (κ3) is 3.26. The molecular weight excluding hydrogens is 266 g/mol. The lowest BCUT2D eigenvalue weighted by atomic mass is 9.97. The molecule has 1 aromatic rings. The third-order valence-electron chi connectivity index (χ3n) is 4.65. The van der Waals surface area contributed by atoms with Gasteiger partial charge in [-0.1, -0.05) is 6.42 Å². The van der Waals surface area contributed by atoms with Gasteiger partial charge in [0.2, 0.25) is 5.91 Å². The maximum Gasteiger partial charge on any atom is 0.233 e. The number of aryl methyl sites for hydroxylation is 1. The molecule has 0 saturated carbocycles. The van der Waals surface area contributed by atoms with E-state index in [9.17, 15) is 4.79 Å². The molecule has 0 aromatic carbocycles. The van der Waals surface area contributed by atoms with Crippen LogP contribution in [0.3, 0.4) is 0 Å². The van der Waals surface area contributed by atoms with E-state index in [-0.39, 0.29) is 5.91 Å². The number of piperidine rings is 1. The quantitative estimate of drug-likeness (QED) is 0.900. The summed E-state index contributed by atoms with van der Waals surface area (Å²) < 4.78 is 2.35. The molecule has 2 aliphatic rings. The second-order valence-corrected chi connectivity index (χ2v) is 6.18. The molecule has 1 N–H and O–H groups in total. The van der Waals surface area contributed by atoms with Gasteiger partial charge in [-0.2, -0.15) is 0 Å². The Morgan fingerprint density at radius 1 is 1.24 bits per heavy atom. The molecule has 3 rings (SSSR count). The Bertz CT molecular complexity index is 498. The molecule has 1 saturated heterocycles. The van der Waals surface area contributed by atoms with Crippen molar-refractivity contribution >= 4 is 5.91 Å². The molecule has 0 spiro atoms. The standard InChI is InChI=1S/C15H25N5O/c1-16-14(21)11-19-8-5-6-12(10-19)15-18-17-13-7-3-2-4-9-20(13)15/h12H,2-11H2,1H3,(H,16,21)/t12-/m1/s1. The summed E-state index contributed by atoms with van der Waals surface area (Å²) in [5.41, 5.74) is 0. The monoisotopic (exact) mass is 291 g/mol. The molecule has 1 fully saturated rings. The second kappa shape index (κ2) is 6.56. The number of nitrogens with one attached hydrogen (secondary N) is 1. The number of fused-ring (bicyclic) bond motifs is 1. The molecule has 6 nitrogen and oxygen atoms in total. The average molecular weight is 291 g/mol. The van der Waals surface area contributed by atoms with Crippen molar-refractivity contribution in [2.75, 3.05) is 26.7 Å². The lowest BCUT2D eigenvalue weighted by molar-refractivity contribution is -0.122. The molecule has 116 valence electrons. The largest absolute Gasteiger partial charge is 0.358 e. The zero-order chi connectivity index (χ0) is 14.7. The van der Waals surface area contributed by atoms with Crippen LogP contribution in [0.25, 0.3) is 0 Å². The second-order valence-electron chi connectivity index (χ2n) is 6.18. The fourth-order valence-corrected chi connectivity index (χ4v) is 3.50. The Kier molecular flexibility index (Phi) is 4.53. The highest BCUT2D eigenvalue weighted by Gasteiger charge is 2.27. The van der Waals surface area contributed by atoms with E-state index >= 15 is 0 Å². The van der Waals surface area contributed by atoms with Crippen molar-refractivity contribution < 1.29 is 4.79 Å². The van der Waals surface area contributed by atoms with Gasteiger partial charge in [0.15, 0.2) is 0 Å². The molecule has 0 aliphatic carbocycles. The minimum atomic E-state index is 0.0933. The van der Waals surface area contributed by atoms with Gasteiger partial charge in [0, 0.05) is 32.5 Å². The summed E-state index contributed by atoms with van der Waals surface area (Å²) >= 11 is 0. The molecule has 6 heteroatoms. The average Bonchev–Trinajstić information content (AvgIpc) is 2.76. The number of likely N-dealkylation sites (N-methyl/N-ethyl adjacent to an activating group) is 1. The molecular formula is C15H25N5O. The number of hydrogen-bond acceptors (Lipinski definition) is 4. The first-order valence-electron chi connectivity index (χ1n) is 8.13. The number of amides is 1. The Labute approximate surface area is 125 Å². The summed E-state index contributed by atoms with van der Waals surface area (Å²) in [4.78, 5) is 13.8. The van der Waals surface area contributed by atoms with E-state index in [1.807, 2.05) is 0 Å². The Hall–Kier alpha value is -1.43. The Morgan fingerprint density at radius 2 is 2.14 bits per heavy atom. The smallest absolute Gasteiger partial charge is 0.233 e. The van der Waals surface area contributed by atoms with E-state index in [0.29, 0.717) is 12.5 Å². The van der Waals surface area contributed by atoms with Crippen molar-refractivity contribution in [1.82, 2.24) is 25.0 Å². The molecule has 0 bridgehead atoms. The van der Waals surface area contributed by atoms with Crippen LogP contribution in [0.1, 0.15) is 49.7 Å². The van der Waals surface area contributed by atoms with E-state index in [1.54, 1.807) is 7.05 Å². The van der Waals surface area contributed by atoms with Crippen LogP contribution < -0.4 is 5.32 Å². The molecule has 3 heterocycles. The summed E-state index contributed by atoms with van der Waals surface area (Å²) in [6.07, 6.45) is 7.09. The van der Waals surface area contributed by atoms with Crippen molar-refractivity contribution in [2.45, 2.75) is 51.0 Å². The van der Waals surface area contributed by atoms with Gasteiger partial charge in [-0.3, -0.25) is 9.69 Å². The molecule has 0 radical (unpaired) electrons. The van der Waals surface area contributed by atoms with Gasteiger partial charge in [0.1, 0.15) is 11.6 Å². The van der Waals surface area contributed by atoms with E-state index in [2.05, 4.69) is 25.0 Å². The predicted molar refractivity (Wildman–Crippen MR) is 80.1 cm³/mol. The number of aromatic nitrogens is 3. The van der Waals surface area contributed by atoms with E-state index in [0.717, 1.165) is 50.5 Å². The maximum absolute atomic E-state index is 11.6. The zero-order valence-corrected chi connectivity index (χ0v) is 12.8. The first kappa shape index (κ1) is 14.5. The van der Waals surface area contributed by atoms with Gasteiger partial charge in [-0.05, 0) is 32.2 Å². The summed E-state index contributed by atoms with van der Waals surface area (Å²) in [6.45, 7) is 3.48. The third-order valence-corrected chi connectivity index (χ3v) is 4.65. The highest BCUT2D eigenvalue weighted by molar-refractivity contribution is 5.77. The maximum atomic E-state index is 11.6. The van der Waals surface area contributed by atoms with Gasteiger partial charge in [-0.25, -0.2) is 0 Å². The van der Waals surface area contributed by atoms with Crippen molar-refractivity contribution in [3.05, 3.63) is 11.6 Å². The number of hydrogen-bond donors (Lipinski definition) is 1. The zero-order valence-electron chi connectivity index (χ0n) is 12.8. The van der Waals surface area contributed by atoms with Crippen molar-refractivity contribution in [1.29, 1.82) is 0 Å². The Morgan fingerprint density at radius 3 is 3.00 bits per heavy atom. The van der Waals surface area contributed by atoms with Crippen LogP contribution in [-0.4, -0.2) is 52.3 Å². The molecule has 1 atom stereocenters. The summed E-state index contributed by atoms with van der Waals surface area (Å²) in [7, 11) is 1.70. The van der Waals surface area contributed by atoms with Crippen LogP contribution in [0.15, 0.2) is 0 Å². The van der Waals surface area contributed by atoms with E-state index < -0.39 is 0 Å². The SMILES string of the molecule is CNC(=O)CN1CCC[C@@H](c2nnc3n2CCCCC3)C1. The first-order valence-corrected chi connectivity index (χ1v) is 8.13. The van der Waals surface area contributed by atoms with Gasteiger partial charge in [0.05, 0.1) is 6.54 Å². The molecule has 21 heavy (non-hydrogen) atoms. The highest BCUT2D eigenvalue weighted by Crippen LogP contribution is 2.27. The van der Waals surface area contributed by atoms with Crippen LogP contribution >= 0.6 is 0 Å². The predicted octanol–water partition coefficient (Wildman–Crippen LogP) is 0.930. The van der Waals surface area contributed by atoms with Gasteiger partial charge < -0.3 is 9.88 Å². The lowest BCUT2D eigenvalue weighted by Crippen LogP contribution is -2.41. The van der Waals surface area contributed by atoms with Crippen LogP contribution in [0, 0.1) is 0 Å². The number of nitrogens with zero attached hydrogens (tertiary/aromatic N) is 4. The van der Waals surface area contributed by atoms with Crippen LogP contribution in [-0.2, 0) is 17.8 Å². The summed E-state index contributed by atoms with van der Waals surface area (Å²) in [5, 5.41) is 11.6. The molecule has 0 unspecified atom stereocenters. The highest BCUT2D eigenvalue weighted by atomic mass is 16.1. The molecule has 1 aromatic heterocycles.